The number of thiazole rings is 1. The average Bonchev–Trinajstić information content (AvgIpc) is 2.97. The lowest BCUT2D eigenvalue weighted by atomic mass is 10.2. The van der Waals surface area contributed by atoms with Gasteiger partial charge in [-0.15, -0.1) is 11.3 Å². The zero-order valence-electron chi connectivity index (χ0n) is 12.7. The molecular formula is C16H17BrN4S. The van der Waals surface area contributed by atoms with Crippen molar-refractivity contribution in [3.05, 3.63) is 45.1 Å². The first-order chi connectivity index (χ1) is 10.5. The van der Waals surface area contributed by atoms with Crippen LogP contribution in [0, 0.1) is 0 Å². The maximum atomic E-state index is 4.71. The van der Waals surface area contributed by atoms with Gasteiger partial charge in [-0.3, -0.25) is 9.97 Å². The number of fused-ring (bicyclic) bond motifs is 1. The number of nitrogens with one attached hydrogen (secondary N) is 1. The molecule has 0 saturated heterocycles. The van der Waals surface area contributed by atoms with Crippen molar-refractivity contribution in [2.24, 2.45) is 0 Å². The maximum Gasteiger partial charge on any atom is 0.112 e. The minimum absolute atomic E-state index is 0.125. The summed E-state index contributed by atoms with van der Waals surface area (Å²) >= 11 is 5.15. The van der Waals surface area contributed by atoms with Gasteiger partial charge in [-0.1, -0.05) is 13.8 Å². The van der Waals surface area contributed by atoms with Crippen molar-refractivity contribution in [1.82, 2.24) is 15.0 Å². The second kappa shape index (κ2) is 6.30. The largest absolute Gasteiger partial charge is 0.375 e. The lowest BCUT2D eigenvalue weighted by Crippen LogP contribution is -2.08. The highest BCUT2D eigenvalue weighted by atomic mass is 79.9. The first-order valence-electron chi connectivity index (χ1n) is 7.16. The van der Waals surface area contributed by atoms with E-state index >= 15 is 0 Å². The second-order valence-corrected chi connectivity index (χ2v) is 7.32. The van der Waals surface area contributed by atoms with Gasteiger partial charge in [0.15, 0.2) is 0 Å². The van der Waals surface area contributed by atoms with Crippen LogP contribution >= 0.6 is 27.3 Å². The molecule has 3 aromatic rings. The molecule has 0 fully saturated rings. The van der Waals surface area contributed by atoms with Crippen LogP contribution in [0.15, 0.2) is 34.4 Å². The summed E-state index contributed by atoms with van der Waals surface area (Å²) < 4.78 is 0.929. The smallest absolute Gasteiger partial charge is 0.112 e. The number of aromatic nitrogens is 3. The Morgan fingerprint density at radius 2 is 2.05 bits per heavy atom. The van der Waals surface area contributed by atoms with Crippen LogP contribution in [0.2, 0.25) is 0 Å². The predicted molar refractivity (Wildman–Crippen MR) is 95.5 cm³/mol. The van der Waals surface area contributed by atoms with E-state index in [1.807, 2.05) is 12.1 Å². The molecule has 22 heavy (non-hydrogen) atoms. The number of rotatable bonds is 4. The number of anilines is 1. The highest BCUT2D eigenvalue weighted by molar-refractivity contribution is 9.10. The molecule has 114 valence electrons. The predicted octanol–water partition coefficient (Wildman–Crippen LogP) is 5.15. The number of hydrogen-bond acceptors (Lipinski definition) is 5. The van der Waals surface area contributed by atoms with Crippen molar-refractivity contribution in [2.75, 3.05) is 5.32 Å². The van der Waals surface area contributed by atoms with E-state index in [-0.39, 0.29) is 6.04 Å². The third-order valence-electron chi connectivity index (χ3n) is 3.39. The van der Waals surface area contributed by atoms with Crippen LogP contribution in [0.4, 0.5) is 5.69 Å². The van der Waals surface area contributed by atoms with Crippen LogP contribution < -0.4 is 5.32 Å². The van der Waals surface area contributed by atoms with Gasteiger partial charge >= 0.3 is 0 Å². The first-order valence-corrected chi connectivity index (χ1v) is 8.84. The molecule has 1 N–H and O–H groups in total. The van der Waals surface area contributed by atoms with Crippen molar-refractivity contribution in [3.8, 4) is 0 Å². The molecule has 4 nitrogen and oxygen atoms in total. The fourth-order valence-electron chi connectivity index (χ4n) is 2.19. The van der Waals surface area contributed by atoms with Crippen LogP contribution in [0.5, 0.6) is 0 Å². The Hall–Kier alpha value is -1.53. The molecule has 1 atom stereocenters. The summed E-state index contributed by atoms with van der Waals surface area (Å²) in [6.45, 7) is 6.45. The molecule has 3 rings (SSSR count). The summed E-state index contributed by atoms with van der Waals surface area (Å²) in [5, 5.41) is 6.80. The van der Waals surface area contributed by atoms with Gasteiger partial charge in [-0.05, 0) is 35.0 Å². The standard InChI is InChI=1S/C16H17BrN4S/c1-9(2)16-21-14(8-22-16)10(3)20-12-4-5-18-13-6-11(17)7-19-15(12)13/h4-10H,1-3H3,(H,18,20). The molecule has 0 spiro atoms. The molecule has 0 radical (unpaired) electrons. The van der Waals surface area contributed by atoms with Crippen molar-refractivity contribution < 1.29 is 0 Å². The fraction of sp³-hybridized carbons (Fsp3) is 0.312. The van der Waals surface area contributed by atoms with Gasteiger partial charge in [0.25, 0.3) is 0 Å². The van der Waals surface area contributed by atoms with Crippen molar-refractivity contribution in [2.45, 2.75) is 32.7 Å². The summed E-state index contributed by atoms with van der Waals surface area (Å²) in [6.07, 6.45) is 3.59. The van der Waals surface area contributed by atoms with E-state index in [2.05, 4.69) is 57.4 Å². The summed E-state index contributed by atoms with van der Waals surface area (Å²) in [5.41, 5.74) is 3.78. The molecule has 3 aromatic heterocycles. The van der Waals surface area contributed by atoms with Crippen LogP contribution in [0.25, 0.3) is 11.0 Å². The number of nitrogens with zero attached hydrogens (tertiary/aromatic N) is 3. The zero-order chi connectivity index (χ0) is 15.7. The first kappa shape index (κ1) is 15.4. The molecule has 0 aromatic carbocycles. The molecule has 3 heterocycles. The van der Waals surface area contributed by atoms with Gasteiger partial charge in [-0.2, -0.15) is 0 Å². The summed E-state index contributed by atoms with van der Waals surface area (Å²) in [7, 11) is 0. The van der Waals surface area contributed by atoms with Gasteiger partial charge in [0, 0.05) is 28.2 Å². The highest BCUT2D eigenvalue weighted by Crippen LogP contribution is 2.28. The van der Waals surface area contributed by atoms with Gasteiger partial charge in [-0.25, -0.2) is 4.98 Å². The van der Waals surface area contributed by atoms with Crippen molar-refractivity contribution in [1.29, 1.82) is 0 Å². The molecule has 0 saturated carbocycles. The minimum Gasteiger partial charge on any atom is -0.375 e. The maximum absolute atomic E-state index is 4.71. The molecule has 6 heteroatoms. The van der Waals surface area contributed by atoms with Gasteiger partial charge in [0.05, 0.1) is 27.9 Å². The van der Waals surface area contributed by atoms with E-state index in [4.69, 9.17) is 4.98 Å². The lowest BCUT2D eigenvalue weighted by Gasteiger charge is -2.14. The number of halogens is 1. The molecule has 0 aliphatic rings. The van der Waals surface area contributed by atoms with E-state index in [1.54, 1.807) is 23.7 Å². The second-order valence-electron chi connectivity index (χ2n) is 5.51. The van der Waals surface area contributed by atoms with Crippen LogP contribution in [0.3, 0.4) is 0 Å². The average molecular weight is 377 g/mol. The van der Waals surface area contributed by atoms with E-state index < -0.39 is 0 Å². The highest BCUT2D eigenvalue weighted by Gasteiger charge is 2.13. The lowest BCUT2D eigenvalue weighted by molar-refractivity contribution is 0.802. The van der Waals surface area contributed by atoms with Crippen LogP contribution in [-0.4, -0.2) is 15.0 Å². The third-order valence-corrected chi connectivity index (χ3v) is 4.99. The van der Waals surface area contributed by atoms with E-state index in [0.717, 1.165) is 26.9 Å². The SMILES string of the molecule is CC(C)c1nc(C(C)Nc2ccnc3cc(Br)cnc23)cs1. The quantitative estimate of drug-likeness (QED) is 0.684. The van der Waals surface area contributed by atoms with Gasteiger partial charge < -0.3 is 5.32 Å². The number of hydrogen-bond donors (Lipinski definition) is 1. The normalized spacial score (nSPS) is 12.8. The van der Waals surface area contributed by atoms with Crippen LogP contribution in [-0.2, 0) is 0 Å². The van der Waals surface area contributed by atoms with Gasteiger partial charge in [0.1, 0.15) is 5.52 Å². The molecule has 0 amide bonds. The van der Waals surface area contributed by atoms with E-state index in [1.165, 1.54) is 5.01 Å². The Morgan fingerprint density at radius 3 is 2.77 bits per heavy atom. The van der Waals surface area contributed by atoms with Gasteiger partial charge in [0.2, 0.25) is 0 Å². The Labute approximate surface area is 142 Å². The molecule has 0 aliphatic heterocycles. The van der Waals surface area contributed by atoms with Crippen LogP contribution in [0.1, 0.15) is 43.4 Å². The van der Waals surface area contributed by atoms with E-state index in [0.29, 0.717) is 5.92 Å². The van der Waals surface area contributed by atoms with E-state index in [9.17, 15) is 0 Å². The summed E-state index contributed by atoms with van der Waals surface area (Å²) in [5.74, 6) is 0.465. The molecule has 0 bridgehead atoms. The Bertz CT molecular complexity index is 800. The Balaban J connectivity index is 1.88. The third kappa shape index (κ3) is 3.13. The topological polar surface area (TPSA) is 50.7 Å². The molecule has 0 aliphatic carbocycles. The minimum atomic E-state index is 0.125. The summed E-state index contributed by atoms with van der Waals surface area (Å²) in [4.78, 5) is 13.5. The molecular weight excluding hydrogens is 360 g/mol. The monoisotopic (exact) mass is 376 g/mol. The fourth-order valence-corrected chi connectivity index (χ4v) is 3.44. The van der Waals surface area contributed by atoms with Crippen molar-refractivity contribution >= 4 is 44.0 Å². The van der Waals surface area contributed by atoms with Crippen molar-refractivity contribution in [3.63, 3.8) is 0 Å². The zero-order valence-corrected chi connectivity index (χ0v) is 15.1. The molecule has 1 unspecified atom stereocenters. The Morgan fingerprint density at radius 1 is 1.23 bits per heavy atom. The summed E-state index contributed by atoms with van der Waals surface area (Å²) in [6, 6.07) is 4.05. The number of pyridine rings is 2. The Kier molecular flexibility index (Phi) is 4.40.